The predicted molar refractivity (Wildman–Crippen MR) is 105 cm³/mol. The van der Waals surface area contributed by atoms with E-state index in [9.17, 15) is 13.2 Å². The van der Waals surface area contributed by atoms with Crippen LogP contribution in [0.1, 0.15) is 56.4 Å². The minimum atomic E-state index is -3.61. The van der Waals surface area contributed by atoms with Crippen LogP contribution in [0, 0.1) is 13.8 Å². The van der Waals surface area contributed by atoms with Crippen LogP contribution in [0.15, 0.2) is 9.42 Å². The van der Waals surface area contributed by atoms with E-state index >= 15 is 0 Å². The molecule has 1 N–H and O–H groups in total. The van der Waals surface area contributed by atoms with E-state index in [-0.39, 0.29) is 16.8 Å². The fourth-order valence-corrected chi connectivity index (χ4v) is 5.89. The molecule has 0 bridgehead atoms. The summed E-state index contributed by atoms with van der Waals surface area (Å²) in [6, 6.07) is 0.286. The maximum atomic E-state index is 12.9. The van der Waals surface area contributed by atoms with E-state index in [0.29, 0.717) is 44.2 Å². The van der Waals surface area contributed by atoms with Crippen molar-refractivity contribution in [3.8, 4) is 0 Å². The number of rotatable bonds is 5. The van der Waals surface area contributed by atoms with Crippen molar-refractivity contribution in [2.75, 3.05) is 32.7 Å². The van der Waals surface area contributed by atoms with Gasteiger partial charge in [-0.25, -0.2) is 8.42 Å². The monoisotopic (exact) mass is 412 g/mol. The van der Waals surface area contributed by atoms with E-state index in [0.717, 1.165) is 12.8 Å². The largest absolute Gasteiger partial charge is 0.360 e. The van der Waals surface area contributed by atoms with Crippen molar-refractivity contribution in [3.05, 3.63) is 11.5 Å². The third-order valence-electron chi connectivity index (χ3n) is 5.73. The van der Waals surface area contributed by atoms with E-state index < -0.39 is 10.0 Å². The Morgan fingerprint density at radius 1 is 1.07 bits per heavy atom. The molecule has 2 aliphatic rings. The highest BCUT2D eigenvalue weighted by atomic mass is 32.2. The number of nitrogens with zero attached hydrogens (tertiary/aromatic N) is 3. The number of aryl methyl sites for hydroxylation is 2. The van der Waals surface area contributed by atoms with E-state index in [1.807, 2.05) is 4.90 Å². The van der Waals surface area contributed by atoms with Crippen LogP contribution < -0.4 is 5.32 Å². The third-order valence-corrected chi connectivity index (χ3v) is 7.88. The van der Waals surface area contributed by atoms with Crippen molar-refractivity contribution in [1.29, 1.82) is 0 Å². The second-order valence-corrected chi connectivity index (χ2v) is 9.82. The number of piperazine rings is 1. The lowest BCUT2D eigenvalue weighted by Crippen LogP contribution is -2.51. The first-order valence-electron chi connectivity index (χ1n) is 10.3. The molecular weight excluding hydrogens is 380 g/mol. The molecule has 1 aliphatic carbocycles. The van der Waals surface area contributed by atoms with Crippen LogP contribution in [0.3, 0.4) is 0 Å². The Bertz CT molecular complexity index is 741. The van der Waals surface area contributed by atoms with E-state index in [2.05, 4.69) is 10.5 Å². The van der Waals surface area contributed by atoms with Crippen molar-refractivity contribution in [2.24, 2.45) is 0 Å². The number of carbonyl (C=O) groups excluding carboxylic acids is 1. The lowest BCUT2D eigenvalue weighted by atomic mass is 9.97. The van der Waals surface area contributed by atoms with Crippen molar-refractivity contribution in [3.63, 3.8) is 0 Å². The SMILES string of the molecule is Cc1noc(C)c1S(=O)(=O)N1CCN(CC(=O)NC2CCCCCCC2)CC1. The summed E-state index contributed by atoms with van der Waals surface area (Å²) in [4.78, 5) is 14.6. The molecule has 8 nitrogen and oxygen atoms in total. The smallest absolute Gasteiger partial charge is 0.248 e. The fraction of sp³-hybridized carbons (Fsp3) is 0.789. The molecule has 2 heterocycles. The van der Waals surface area contributed by atoms with Gasteiger partial charge in [-0.15, -0.1) is 0 Å². The van der Waals surface area contributed by atoms with Crippen molar-refractivity contribution >= 4 is 15.9 Å². The highest BCUT2D eigenvalue weighted by Gasteiger charge is 2.33. The Morgan fingerprint density at radius 2 is 1.68 bits per heavy atom. The molecule has 1 amide bonds. The van der Waals surface area contributed by atoms with Gasteiger partial charge in [0.05, 0.1) is 6.54 Å². The van der Waals surface area contributed by atoms with Gasteiger partial charge >= 0.3 is 0 Å². The Morgan fingerprint density at radius 3 is 2.25 bits per heavy atom. The summed E-state index contributed by atoms with van der Waals surface area (Å²) >= 11 is 0. The molecule has 0 spiro atoms. The van der Waals surface area contributed by atoms with Crippen molar-refractivity contribution < 1.29 is 17.7 Å². The summed E-state index contributed by atoms with van der Waals surface area (Å²) in [5.41, 5.74) is 0.388. The minimum absolute atomic E-state index is 0.0487. The second-order valence-electron chi connectivity index (χ2n) is 7.94. The van der Waals surface area contributed by atoms with Gasteiger partial charge in [-0.2, -0.15) is 4.31 Å². The summed E-state index contributed by atoms with van der Waals surface area (Å²) in [5, 5.41) is 6.93. The molecule has 158 valence electrons. The van der Waals surface area contributed by atoms with E-state index in [4.69, 9.17) is 4.52 Å². The zero-order valence-corrected chi connectivity index (χ0v) is 17.8. The lowest BCUT2D eigenvalue weighted by molar-refractivity contribution is -0.123. The average molecular weight is 413 g/mol. The van der Waals surface area contributed by atoms with Crippen LogP contribution in [-0.2, 0) is 14.8 Å². The lowest BCUT2D eigenvalue weighted by Gasteiger charge is -2.33. The molecule has 1 aromatic rings. The molecule has 0 unspecified atom stereocenters. The summed E-state index contributed by atoms with van der Waals surface area (Å²) in [6.07, 6.45) is 8.32. The van der Waals surface area contributed by atoms with Crippen molar-refractivity contribution in [1.82, 2.24) is 19.7 Å². The average Bonchev–Trinajstić information content (AvgIpc) is 2.97. The fourth-order valence-electron chi connectivity index (χ4n) is 4.18. The molecule has 3 rings (SSSR count). The molecule has 2 fully saturated rings. The molecule has 28 heavy (non-hydrogen) atoms. The molecule has 0 aromatic carbocycles. The van der Waals surface area contributed by atoms with Crippen LogP contribution >= 0.6 is 0 Å². The zero-order valence-electron chi connectivity index (χ0n) is 16.9. The summed E-state index contributed by atoms with van der Waals surface area (Å²) < 4.78 is 32.2. The Hall–Kier alpha value is -1.45. The molecule has 1 saturated carbocycles. The number of hydrogen-bond acceptors (Lipinski definition) is 6. The maximum absolute atomic E-state index is 12.9. The third kappa shape index (κ3) is 5.12. The standard InChI is InChI=1S/C19H32N4O4S/c1-15-19(16(2)27-21-15)28(25,26)23-12-10-22(11-13-23)14-18(24)20-17-8-6-4-3-5-7-9-17/h17H,3-14H2,1-2H3,(H,20,24). The predicted octanol–water partition coefficient (Wildman–Crippen LogP) is 1.83. The zero-order chi connectivity index (χ0) is 20.1. The van der Waals surface area contributed by atoms with Gasteiger partial charge in [0.1, 0.15) is 10.6 Å². The molecule has 1 saturated heterocycles. The van der Waals surface area contributed by atoms with Crippen LogP contribution in [0.5, 0.6) is 0 Å². The molecule has 1 aromatic heterocycles. The van der Waals surface area contributed by atoms with Gasteiger partial charge in [0.15, 0.2) is 5.76 Å². The Kier molecular flexibility index (Phi) is 7.11. The number of hydrogen-bond donors (Lipinski definition) is 1. The number of aromatic nitrogens is 1. The molecular formula is C19H32N4O4S. The van der Waals surface area contributed by atoms with Crippen molar-refractivity contribution in [2.45, 2.75) is 69.7 Å². The first-order chi connectivity index (χ1) is 13.4. The van der Waals surface area contributed by atoms with Gasteiger partial charge in [-0.05, 0) is 26.7 Å². The van der Waals surface area contributed by atoms with Crippen LogP contribution in [0.4, 0.5) is 0 Å². The van der Waals surface area contributed by atoms with Gasteiger partial charge in [-0.3, -0.25) is 9.69 Å². The number of amides is 1. The Balaban J connectivity index is 1.49. The summed E-state index contributed by atoms with van der Waals surface area (Å²) in [7, 11) is -3.61. The number of nitrogens with one attached hydrogen (secondary N) is 1. The summed E-state index contributed by atoms with van der Waals surface area (Å²) in [6.45, 7) is 5.39. The van der Waals surface area contributed by atoms with E-state index in [1.165, 1.54) is 36.4 Å². The molecule has 0 atom stereocenters. The minimum Gasteiger partial charge on any atom is -0.360 e. The molecule has 0 radical (unpaired) electrons. The second kappa shape index (κ2) is 9.37. The normalized spacial score (nSPS) is 21.2. The highest BCUT2D eigenvalue weighted by Crippen LogP contribution is 2.24. The van der Waals surface area contributed by atoms with Crippen LogP contribution in [0.25, 0.3) is 0 Å². The topological polar surface area (TPSA) is 95.8 Å². The first kappa shape index (κ1) is 21.3. The Labute approximate surface area is 167 Å². The number of sulfonamides is 1. The van der Waals surface area contributed by atoms with Gasteiger partial charge in [0, 0.05) is 32.2 Å². The molecule has 1 aliphatic heterocycles. The van der Waals surface area contributed by atoms with Crippen LogP contribution in [0.2, 0.25) is 0 Å². The van der Waals surface area contributed by atoms with E-state index in [1.54, 1.807) is 13.8 Å². The van der Waals surface area contributed by atoms with Crippen LogP contribution in [-0.4, -0.2) is 67.5 Å². The highest BCUT2D eigenvalue weighted by molar-refractivity contribution is 7.89. The van der Waals surface area contributed by atoms with Gasteiger partial charge in [0.25, 0.3) is 0 Å². The van der Waals surface area contributed by atoms with Gasteiger partial charge in [0.2, 0.25) is 15.9 Å². The maximum Gasteiger partial charge on any atom is 0.248 e. The van der Waals surface area contributed by atoms with Gasteiger partial charge < -0.3 is 9.84 Å². The number of carbonyl (C=O) groups is 1. The summed E-state index contributed by atoms with van der Waals surface area (Å²) in [5.74, 6) is 0.367. The quantitative estimate of drug-likeness (QED) is 0.793. The molecule has 9 heteroatoms. The first-order valence-corrected chi connectivity index (χ1v) is 11.8. The van der Waals surface area contributed by atoms with Gasteiger partial charge in [-0.1, -0.05) is 37.3 Å².